The topological polar surface area (TPSA) is 114 Å². The van der Waals surface area contributed by atoms with E-state index >= 15 is 0 Å². The predicted molar refractivity (Wildman–Crippen MR) is 61.2 cm³/mol. The molecule has 0 aliphatic heterocycles. The highest BCUT2D eigenvalue weighted by atomic mass is 32.2. The lowest BCUT2D eigenvalue weighted by molar-refractivity contribution is 0.576. The van der Waals surface area contributed by atoms with E-state index in [0.29, 0.717) is 5.82 Å². The Balaban J connectivity index is 2.20. The van der Waals surface area contributed by atoms with Crippen LogP contribution < -0.4 is 10.5 Å². The van der Waals surface area contributed by atoms with Crippen molar-refractivity contribution in [2.75, 3.05) is 5.73 Å². The van der Waals surface area contributed by atoms with Crippen molar-refractivity contribution < 1.29 is 12.8 Å². The SMILES string of the molecule is Nc1cc(F)cc(S(=O)(=O)NCc2ncn[nH]2)c1. The fourth-order valence-corrected chi connectivity index (χ4v) is 2.35. The molecule has 0 saturated carbocycles. The van der Waals surface area contributed by atoms with E-state index in [4.69, 9.17) is 5.73 Å². The van der Waals surface area contributed by atoms with Gasteiger partial charge in [0.1, 0.15) is 18.0 Å². The Bertz CT molecular complexity index is 621. The highest BCUT2D eigenvalue weighted by Gasteiger charge is 2.16. The van der Waals surface area contributed by atoms with Gasteiger partial charge in [-0.3, -0.25) is 5.10 Å². The lowest BCUT2D eigenvalue weighted by Gasteiger charge is -2.06. The van der Waals surface area contributed by atoms with Crippen LogP contribution in [0.3, 0.4) is 0 Å². The second kappa shape index (κ2) is 4.70. The maximum atomic E-state index is 13.1. The number of halogens is 1. The maximum absolute atomic E-state index is 13.1. The fraction of sp³-hybridized carbons (Fsp3) is 0.111. The maximum Gasteiger partial charge on any atom is 0.241 e. The first kappa shape index (κ1) is 12.5. The number of aromatic nitrogens is 3. The van der Waals surface area contributed by atoms with Crippen LogP contribution in [0.2, 0.25) is 0 Å². The number of nitrogens with zero attached hydrogens (tertiary/aromatic N) is 2. The molecule has 9 heteroatoms. The highest BCUT2D eigenvalue weighted by molar-refractivity contribution is 7.89. The molecule has 4 N–H and O–H groups in total. The molecule has 96 valence electrons. The van der Waals surface area contributed by atoms with E-state index in [9.17, 15) is 12.8 Å². The van der Waals surface area contributed by atoms with Crippen molar-refractivity contribution in [3.05, 3.63) is 36.2 Å². The number of rotatable bonds is 4. The predicted octanol–water partition coefficient (Wildman–Crippen LogP) is 0.00450. The lowest BCUT2D eigenvalue weighted by atomic mass is 10.3. The third-order valence-corrected chi connectivity index (χ3v) is 3.48. The van der Waals surface area contributed by atoms with Gasteiger partial charge in [-0.25, -0.2) is 22.5 Å². The number of nitrogens with two attached hydrogens (primary N) is 1. The van der Waals surface area contributed by atoms with Crippen molar-refractivity contribution in [1.29, 1.82) is 0 Å². The minimum Gasteiger partial charge on any atom is -0.399 e. The van der Waals surface area contributed by atoms with E-state index in [1.54, 1.807) is 0 Å². The second-order valence-electron chi connectivity index (χ2n) is 3.48. The van der Waals surface area contributed by atoms with Gasteiger partial charge in [-0.1, -0.05) is 0 Å². The summed E-state index contributed by atoms with van der Waals surface area (Å²) in [6, 6.07) is 3.10. The average Bonchev–Trinajstić information content (AvgIpc) is 2.78. The van der Waals surface area contributed by atoms with Crippen LogP contribution in [0.1, 0.15) is 5.82 Å². The number of sulfonamides is 1. The van der Waals surface area contributed by atoms with Crippen molar-refractivity contribution in [2.24, 2.45) is 0 Å². The number of nitrogens with one attached hydrogen (secondary N) is 2. The molecule has 2 aromatic rings. The first-order valence-corrected chi connectivity index (χ1v) is 6.36. The van der Waals surface area contributed by atoms with Crippen molar-refractivity contribution in [1.82, 2.24) is 19.9 Å². The first-order chi connectivity index (χ1) is 8.47. The molecule has 7 nitrogen and oxygen atoms in total. The van der Waals surface area contributed by atoms with E-state index in [0.717, 1.165) is 12.1 Å². The van der Waals surface area contributed by atoms with Crippen molar-refractivity contribution in [3.63, 3.8) is 0 Å². The van der Waals surface area contributed by atoms with Crippen LogP contribution >= 0.6 is 0 Å². The number of H-pyrrole nitrogens is 1. The minimum absolute atomic E-state index is 0.0371. The lowest BCUT2D eigenvalue weighted by Crippen LogP contribution is -2.24. The van der Waals surface area contributed by atoms with Crippen LogP contribution in [0.5, 0.6) is 0 Å². The van der Waals surface area contributed by atoms with Gasteiger partial charge >= 0.3 is 0 Å². The summed E-state index contributed by atoms with van der Waals surface area (Å²) in [5.41, 5.74) is 5.42. The molecule has 0 atom stereocenters. The molecule has 0 amide bonds. The summed E-state index contributed by atoms with van der Waals surface area (Å²) in [4.78, 5) is 3.52. The van der Waals surface area contributed by atoms with Crippen molar-refractivity contribution in [3.8, 4) is 0 Å². The van der Waals surface area contributed by atoms with E-state index in [-0.39, 0.29) is 17.1 Å². The Morgan fingerprint density at radius 1 is 1.39 bits per heavy atom. The molecule has 0 fully saturated rings. The molecule has 0 radical (unpaired) electrons. The minimum atomic E-state index is -3.84. The number of aromatic amines is 1. The molecule has 1 aromatic carbocycles. The average molecular weight is 271 g/mol. The van der Waals surface area contributed by atoms with Crippen LogP contribution in [0, 0.1) is 5.82 Å². The van der Waals surface area contributed by atoms with Gasteiger partial charge in [-0.15, -0.1) is 0 Å². The van der Waals surface area contributed by atoms with Gasteiger partial charge in [0.15, 0.2) is 0 Å². The summed E-state index contributed by atoms with van der Waals surface area (Å²) >= 11 is 0. The molecular formula is C9H10FN5O2S. The molecule has 18 heavy (non-hydrogen) atoms. The van der Waals surface area contributed by atoms with Crippen LogP contribution in [-0.2, 0) is 16.6 Å². The zero-order valence-corrected chi connectivity index (χ0v) is 9.91. The van der Waals surface area contributed by atoms with Gasteiger partial charge in [0, 0.05) is 5.69 Å². The molecular weight excluding hydrogens is 261 g/mol. The number of hydrogen-bond acceptors (Lipinski definition) is 5. The molecule has 2 rings (SSSR count). The van der Waals surface area contributed by atoms with Gasteiger partial charge in [0.05, 0.1) is 11.4 Å². The van der Waals surface area contributed by atoms with Gasteiger partial charge in [0.2, 0.25) is 10.0 Å². The van der Waals surface area contributed by atoms with Crippen LogP contribution in [-0.4, -0.2) is 23.6 Å². The van der Waals surface area contributed by atoms with Crippen molar-refractivity contribution in [2.45, 2.75) is 11.4 Å². The first-order valence-electron chi connectivity index (χ1n) is 4.87. The molecule has 1 aromatic heterocycles. The molecule has 0 aliphatic rings. The van der Waals surface area contributed by atoms with E-state index < -0.39 is 15.8 Å². The Labute approximate surface area is 102 Å². The highest BCUT2D eigenvalue weighted by Crippen LogP contribution is 2.15. The molecule has 0 unspecified atom stereocenters. The molecule has 0 bridgehead atoms. The van der Waals surface area contributed by atoms with E-state index in [1.165, 1.54) is 12.4 Å². The number of hydrogen-bond donors (Lipinski definition) is 3. The second-order valence-corrected chi connectivity index (χ2v) is 5.24. The number of anilines is 1. The molecule has 0 spiro atoms. The standard InChI is InChI=1S/C9H10FN5O2S/c10-6-1-7(11)3-8(2-6)18(16,17)14-4-9-12-5-13-15-9/h1-3,5,14H,4,11H2,(H,12,13,15). The van der Waals surface area contributed by atoms with Gasteiger partial charge in [0.25, 0.3) is 0 Å². The smallest absolute Gasteiger partial charge is 0.241 e. The van der Waals surface area contributed by atoms with E-state index in [1.807, 2.05) is 0 Å². The third kappa shape index (κ3) is 2.81. The summed E-state index contributed by atoms with van der Waals surface area (Å²) in [6.45, 7) is -0.0707. The molecule has 0 aliphatic carbocycles. The summed E-state index contributed by atoms with van der Waals surface area (Å²) in [5, 5.41) is 6.07. The fourth-order valence-electron chi connectivity index (χ4n) is 1.30. The zero-order valence-electron chi connectivity index (χ0n) is 9.09. The summed E-state index contributed by atoms with van der Waals surface area (Å²) in [5.74, 6) is -0.363. The van der Waals surface area contributed by atoms with Gasteiger partial charge in [-0.05, 0) is 18.2 Å². The van der Waals surface area contributed by atoms with Crippen molar-refractivity contribution >= 4 is 15.7 Å². The largest absolute Gasteiger partial charge is 0.399 e. The molecule has 1 heterocycles. The Morgan fingerprint density at radius 3 is 2.78 bits per heavy atom. The monoisotopic (exact) mass is 271 g/mol. The summed E-state index contributed by atoms with van der Waals surface area (Å²) in [7, 11) is -3.84. The molecule has 0 saturated heterocycles. The van der Waals surface area contributed by atoms with Crippen LogP contribution in [0.4, 0.5) is 10.1 Å². The third-order valence-electron chi connectivity index (χ3n) is 2.10. The van der Waals surface area contributed by atoms with Gasteiger partial charge < -0.3 is 5.73 Å². The number of nitrogen functional groups attached to an aromatic ring is 1. The van der Waals surface area contributed by atoms with Gasteiger partial charge in [-0.2, -0.15) is 5.10 Å². The normalized spacial score (nSPS) is 11.6. The van der Waals surface area contributed by atoms with Crippen LogP contribution in [0.25, 0.3) is 0 Å². The Morgan fingerprint density at radius 2 is 2.17 bits per heavy atom. The Hall–Kier alpha value is -2.00. The van der Waals surface area contributed by atoms with E-state index in [2.05, 4.69) is 19.9 Å². The quantitative estimate of drug-likeness (QED) is 0.677. The summed E-state index contributed by atoms with van der Waals surface area (Å²) < 4.78 is 39.0. The zero-order chi connectivity index (χ0) is 13.2. The number of benzene rings is 1. The summed E-state index contributed by atoms with van der Waals surface area (Å²) in [6.07, 6.45) is 1.25. The van der Waals surface area contributed by atoms with Crippen LogP contribution in [0.15, 0.2) is 29.4 Å². The Kier molecular flexibility index (Phi) is 3.26.